The molecular weight excluding hydrogens is 376 g/mol. The van der Waals surface area contributed by atoms with Gasteiger partial charge in [-0.2, -0.15) is 0 Å². The zero-order chi connectivity index (χ0) is 15.4. The van der Waals surface area contributed by atoms with Crippen LogP contribution in [-0.4, -0.2) is 22.0 Å². The first-order chi connectivity index (χ1) is 9.95. The second-order valence-electron chi connectivity index (χ2n) is 4.41. The minimum Gasteiger partial charge on any atom is -0.481 e. The number of carbonyl (C=O) groups excluding carboxylic acids is 1. The summed E-state index contributed by atoms with van der Waals surface area (Å²) in [7, 11) is 0. The number of carboxylic acids is 1. The van der Waals surface area contributed by atoms with Crippen LogP contribution in [0.2, 0.25) is 0 Å². The van der Waals surface area contributed by atoms with Crippen LogP contribution in [-0.2, 0) is 11.2 Å². The SMILES string of the molecule is Cc1cc(C(=O)Nc2nc(CCCC(=O)O)cs2)sc1Br. The summed E-state index contributed by atoms with van der Waals surface area (Å²) in [6.45, 7) is 1.93. The molecule has 2 N–H and O–H groups in total. The molecule has 2 aromatic rings. The second kappa shape index (κ2) is 7.15. The van der Waals surface area contributed by atoms with Gasteiger partial charge in [-0.15, -0.1) is 22.7 Å². The lowest BCUT2D eigenvalue weighted by atomic mass is 10.2. The molecule has 2 rings (SSSR count). The minimum atomic E-state index is -0.808. The van der Waals surface area contributed by atoms with Crippen molar-refractivity contribution in [2.45, 2.75) is 26.2 Å². The predicted octanol–water partition coefficient (Wildman–Crippen LogP) is 3.94. The average Bonchev–Trinajstić information content (AvgIpc) is 2.97. The van der Waals surface area contributed by atoms with E-state index in [1.165, 1.54) is 22.7 Å². The van der Waals surface area contributed by atoms with Crippen LogP contribution in [0.4, 0.5) is 5.13 Å². The number of halogens is 1. The van der Waals surface area contributed by atoms with E-state index in [4.69, 9.17) is 5.11 Å². The van der Waals surface area contributed by atoms with Crippen molar-refractivity contribution in [3.05, 3.63) is 31.4 Å². The number of rotatable bonds is 6. The van der Waals surface area contributed by atoms with Crippen molar-refractivity contribution in [2.24, 2.45) is 0 Å². The molecule has 0 saturated carbocycles. The fourth-order valence-corrected chi connectivity index (χ4v) is 3.80. The number of thiophene rings is 1. The molecule has 0 radical (unpaired) electrons. The van der Waals surface area contributed by atoms with E-state index in [1.54, 1.807) is 0 Å². The van der Waals surface area contributed by atoms with Crippen LogP contribution >= 0.6 is 38.6 Å². The van der Waals surface area contributed by atoms with Crippen molar-refractivity contribution >= 4 is 55.6 Å². The molecule has 8 heteroatoms. The molecule has 21 heavy (non-hydrogen) atoms. The number of anilines is 1. The molecule has 0 fully saturated rings. The topological polar surface area (TPSA) is 79.3 Å². The summed E-state index contributed by atoms with van der Waals surface area (Å²) < 4.78 is 0.946. The van der Waals surface area contributed by atoms with Crippen LogP contribution in [0.5, 0.6) is 0 Å². The van der Waals surface area contributed by atoms with Gasteiger partial charge in [0, 0.05) is 11.8 Å². The first-order valence-electron chi connectivity index (χ1n) is 6.19. The number of aliphatic carboxylic acids is 1. The zero-order valence-corrected chi connectivity index (χ0v) is 14.4. The van der Waals surface area contributed by atoms with E-state index in [9.17, 15) is 9.59 Å². The van der Waals surface area contributed by atoms with E-state index >= 15 is 0 Å². The van der Waals surface area contributed by atoms with Gasteiger partial charge in [0.1, 0.15) is 0 Å². The lowest BCUT2D eigenvalue weighted by Gasteiger charge is -1.98. The molecule has 2 aromatic heterocycles. The fraction of sp³-hybridized carbons (Fsp3) is 0.308. The Morgan fingerprint density at radius 2 is 2.24 bits per heavy atom. The Bertz CT molecular complexity index is 647. The summed E-state index contributed by atoms with van der Waals surface area (Å²) in [5, 5.41) is 13.7. The van der Waals surface area contributed by atoms with Gasteiger partial charge in [-0.25, -0.2) is 4.98 Å². The molecule has 1 amide bonds. The lowest BCUT2D eigenvalue weighted by molar-refractivity contribution is -0.137. The fourth-order valence-electron chi connectivity index (χ4n) is 1.63. The Kier molecular flexibility index (Phi) is 5.49. The van der Waals surface area contributed by atoms with E-state index in [1.807, 2.05) is 18.4 Å². The number of aromatic nitrogens is 1. The molecule has 0 aliphatic heterocycles. The quantitative estimate of drug-likeness (QED) is 0.785. The summed E-state index contributed by atoms with van der Waals surface area (Å²) in [5.41, 5.74) is 1.83. The van der Waals surface area contributed by atoms with Crippen molar-refractivity contribution in [2.75, 3.05) is 5.32 Å². The molecule has 0 atom stereocenters. The van der Waals surface area contributed by atoms with Crippen molar-refractivity contribution < 1.29 is 14.7 Å². The molecule has 0 bridgehead atoms. The number of carboxylic acid groups (broad SMARTS) is 1. The average molecular weight is 389 g/mol. The molecular formula is C13H13BrN2O3S2. The smallest absolute Gasteiger partial charge is 0.303 e. The number of thiazole rings is 1. The largest absolute Gasteiger partial charge is 0.481 e. The van der Waals surface area contributed by atoms with Gasteiger partial charge in [-0.1, -0.05) is 0 Å². The van der Waals surface area contributed by atoms with Crippen LogP contribution in [0, 0.1) is 6.92 Å². The minimum absolute atomic E-state index is 0.127. The molecule has 0 saturated heterocycles. The summed E-state index contributed by atoms with van der Waals surface area (Å²) in [6, 6.07) is 1.82. The van der Waals surface area contributed by atoms with Gasteiger partial charge < -0.3 is 5.11 Å². The maximum Gasteiger partial charge on any atom is 0.303 e. The number of nitrogens with one attached hydrogen (secondary N) is 1. The molecule has 2 heterocycles. The predicted molar refractivity (Wildman–Crippen MR) is 87.4 cm³/mol. The van der Waals surface area contributed by atoms with E-state index in [2.05, 4.69) is 26.2 Å². The Labute approximate surface area is 138 Å². The number of amides is 1. The van der Waals surface area contributed by atoms with Crippen molar-refractivity contribution in [1.82, 2.24) is 4.98 Å². The Hall–Kier alpha value is -1.25. The van der Waals surface area contributed by atoms with Gasteiger partial charge in [-0.3, -0.25) is 14.9 Å². The van der Waals surface area contributed by atoms with Crippen LogP contribution in [0.25, 0.3) is 0 Å². The van der Waals surface area contributed by atoms with Gasteiger partial charge in [0.25, 0.3) is 5.91 Å². The van der Waals surface area contributed by atoms with Gasteiger partial charge in [-0.05, 0) is 47.3 Å². The number of hydrogen-bond donors (Lipinski definition) is 2. The van der Waals surface area contributed by atoms with Crippen LogP contribution < -0.4 is 5.32 Å². The van der Waals surface area contributed by atoms with Crippen molar-refractivity contribution in [3.63, 3.8) is 0 Å². The first-order valence-corrected chi connectivity index (χ1v) is 8.68. The van der Waals surface area contributed by atoms with Gasteiger partial charge in [0.15, 0.2) is 5.13 Å². The third kappa shape index (κ3) is 4.62. The maximum atomic E-state index is 12.1. The highest BCUT2D eigenvalue weighted by Gasteiger charge is 2.13. The number of aryl methyl sites for hydroxylation is 2. The third-order valence-electron chi connectivity index (χ3n) is 2.68. The molecule has 0 aromatic carbocycles. The summed E-state index contributed by atoms with van der Waals surface area (Å²) >= 11 is 6.12. The van der Waals surface area contributed by atoms with Crippen molar-refractivity contribution in [1.29, 1.82) is 0 Å². The van der Waals surface area contributed by atoms with Crippen LogP contribution in [0.3, 0.4) is 0 Å². The highest BCUT2D eigenvalue weighted by molar-refractivity contribution is 9.11. The standard InChI is InChI=1S/C13H13BrN2O3S2/c1-7-5-9(21-11(7)14)12(19)16-13-15-8(6-20-13)3-2-4-10(17)18/h5-6H,2-4H2,1H3,(H,17,18)(H,15,16,19). The molecule has 0 aliphatic rings. The van der Waals surface area contributed by atoms with Crippen LogP contribution in [0.1, 0.15) is 33.8 Å². The van der Waals surface area contributed by atoms with Gasteiger partial charge >= 0.3 is 5.97 Å². The van der Waals surface area contributed by atoms with E-state index in [-0.39, 0.29) is 12.3 Å². The van der Waals surface area contributed by atoms with Crippen LogP contribution in [0.15, 0.2) is 15.2 Å². The zero-order valence-electron chi connectivity index (χ0n) is 11.2. The van der Waals surface area contributed by atoms with E-state index < -0.39 is 5.97 Å². The van der Waals surface area contributed by atoms with Crippen molar-refractivity contribution in [3.8, 4) is 0 Å². The summed E-state index contributed by atoms with van der Waals surface area (Å²) in [5.74, 6) is -0.988. The maximum absolute atomic E-state index is 12.1. The molecule has 5 nitrogen and oxygen atoms in total. The highest BCUT2D eigenvalue weighted by Crippen LogP contribution is 2.28. The number of carbonyl (C=O) groups is 2. The first kappa shape index (κ1) is 16.1. The molecule has 0 aliphatic carbocycles. The normalized spacial score (nSPS) is 10.6. The second-order valence-corrected chi connectivity index (χ2v) is 7.64. The number of hydrogen-bond acceptors (Lipinski definition) is 5. The van der Waals surface area contributed by atoms with Gasteiger partial charge in [0.05, 0.1) is 14.4 Å². The Balaban J connectivity index is 1.92. The highest BCUT2D eigenvalue weighted by atomic mass is 79.9. The Morgan fingerprint density at radius 1 is 1.48 bits per heavy atom. The monoisotopic (exact) mass is 388 g/mol. The molecule has 112 valence electrons. The summed E-state index contributed by atoms with van der Waals surface area (Å²) in [6.07, 6.45) is 1.27. The molecule has 0 unspecified atom stereocenters. The summed E-state index contributed by atoms with van der Waals surface area (Å²) in [4.78, 5) is 27.4. The lowest BCUT2D eigenvalue weighted by Crippen LogP contribution is -2.09. The molecule has 0 spiro atoms. The number of nitrogens with zero attached hydrogens (tertiary/aromatic N) is 1. The van der Waals surface area contributed by atoms with E-state index in [0.717, 1.165) is 15.0 Å². The van der Waals surface area contributed by atoms with E-state index in [0.29, 0.717) is 22.9 Å². The third-order valence-corrected chi connectivity index (χ3v) is 5.62. The van der Waals surface area contributed by atoms with Gasteiger partial charge in [0.2, 0.25) is 0 Å². The Morgan fingerprint density at radius 3 is 2.86 bits per heavy atom.